The minimum absolute atomic E-state index is 0.173. The van der Waals surface area contributed by atoms with Gasteiger partial charge in [0.25, 0.3) is 5.24 Å². The summed E-state index contributed by atoms with van der Waals surface area (Å²) >= 11 is 10.4. The van der Waals surface area contributed by atoms with Crippen molar-refractivity contribution in [1.29, 1.82) is 0 Å². The van der Waals surface area contributed by atoms with Gasteiger partial charge in [0.1, 0.15) is 12.4 Å². The van der Waals surface area contributed by atoms with Crippen molar-refractivity contribution in [2.45, 2.75) is 24.8 Å². The molecule has 0 aromatic heterocycles. The molecule has 0 aliphatic carbocycles. The number of ether oxygens (including phenoxy) is 1. The second-order valence-electron chi connectivity index (χ2n) is 7.15. The number of amides is 2. The van der Waals surface area contributed by atoms with Gasteiger partial charge in [0, 0.05) is 9.50 Å². The SMILES string of the molecule is O=C1S[C@H](Cc2ccccc2OCc2ccc(Br)cc2)C(=O)N1Cc1ccc(Cl)cc1. The molecule has 0 N–H and O–H groups in total. The summed E-state index contributed by atoms with van der Waals surface area (Å²) in [5.41, 5.74) is 2.82. The largest absolute Gasteiger partial charge is 0.489 e. The lowest BCUT2D eigenvalue weighted by Crippen LogP contribution is -2.31. The third kappa shape index (κ3) is 5.50. The van der Waals surface area contributed by atoms with Crippen LogP contribution in [0.5, 0.6) is 5.75 Å². The standard InChI is InChI=1S/C24H19BrClNO3S/c25-19-9-5-17(6-10-19)15-30-21-4-2-1-3-18(21)13-22-23(28)27(24(29)31-22)14-16-7-11-20(26)12-8-16/h1-12,22H,13-15H2/t22-/m1/s1. The van der Waals surface area contributed by atoms with Crippen LogP contribution in [0, 0.1) is 0 Å². The van der Waals surface area contributed by atoms with Gasteiger partial charge in [0.05, 0.1) is 11.8 Å². The van der Waals surface area contributed by atoms with E-state index in [2.05, 4.69) is 15.9 Å². The highest BCUT2D eigenvalue weighted by Crippen LogP contribution is 2.33. The average Bonchev–Trinajstić information content (AvgIpc) is 3.03. The van der Waals surface area contributed by atoms with Crippen LogP contribution in [0.4, 0.5) is 4.79 Å². The molecule has 4 nitrogen and oxygen atoms in total. The summed E-state index contributed by atoms with van der Waals surface area (Å²) in [6.45, 7) is 0.678. The maximum Gasteiger partial charge on any atom is 0.289 e. The highest BCUT2D eigenvalue weighted by atomic mass is 79.9. The van der Waals surface area contributed by atoms with Crippen molar-refractivity contribution in [1.82, 2.24) is 4.90 Å². The van der Waals surface area contributed by atoms with Crippen molar-refractivity contribution in [3.63, 3.8) is 0 Å². The number of imide groups is 1. The first-order chi connectivity index (χ1) is 15.0. The molecule has 1 heterocycles. The van der Waals surface area contributed by atoms with E-state index in [1.54, 1.807) is 12.1 Å². The normalized spacial score (nSPS) is 16.1. The minimum Gasteiger partial charge on any atom is -0.489 e. The highest BCUT2D eigenvalue weighted by molar-refractivity contribution is 9.10. The first-order valence-corrected chi connectivity index (χ1v) is 11.8. The molecule has 0 unspecified atom stereocenters. The molecule has 0 spiro atoms. The van der Waals surface area contributed by atoms with Crippen LogP contribution in [0.2, 0.25) is 5.02 Å². The van der Waals surface area contributed by atoms with Crippen molar-refractivity contribution < 1.29 is 14.3 Å². The summed E-state index contributed by atoms with van der Waals surface area (Å²) in [6, 6.07) is 22.8. The Balaban J connectivity index is 1.43. The van der Waals surface area contributed by atoms with Crippen LogP contribution >= 0.6 is 39.3 Å². The van der Waals surface area contributed by atoms with Gasteiger partial charge < -0.3 is 4.74 Å². The Bertz CT molecular complexity index is 1090. The fraction of sp³-hybridized carbons (Fsp3) is 0.167. The molecule has 1 aliphatic rings. The van der Waals surface area contributed by atoms with E-state index in [4.69, 9.17) is 16.3 Å². The number of halogens is 2. The van der Waals surface area contributed by atoms with E-state index in [9.17, 15) is 9.59 Å². The number of hydrogen-bond acceptors (Lipinski definition) is 4. The molecule has 0 radical (unpaired) electrons. The summed E-state index contributed by atoms with van der Waals surface area (Å²) in [6.07, 6.45) is 0.433. The second-order valence-corrected chi connectivity index (χ2v) is 9.66. The molecule has 158 valence electrons. The van der Waals surface area contributed by atoms with Gasteiger partial charge in [-0.25, -0.2) is 0 Å². The van der Waals surface area contributed by atoms with Gasteiger partial charge >= 0.3 is 0 Å². The molecule has 4 rings (SSSR count). The second kappa shape index (κ2) is 9.90. The molecule has 3 aromatic rings. The number of carbonyl (C=O) groups excluding carboxylic acids is 2. The van der Waals surface area contributed by atoms with Crippen LogP contribution in [0.15, 0.2) is 77.3 Å². The Labute approximate surface area is 198 Å². The Hall–Kier alpha value is -2.28. The molecule has 3 aromatic carbocycles. The van der Waals surface area contributed by atoms with E-state index in [1.807, 2.05) is 60.7 Å². The van der Waals surface area contributed by atoms with Gasteiger partial charge in [0.15, 0.2) is 0 Å². The van der Waals surface area contributed by atoms with Crippen LogP contribution in [0.25, 0.3) is 0 Å². The molecule has 0 bridgehead atoms. The third-order valence-corrected chi connectivity index (χ3v) is 6.80. The topological polar surface area (TPSA) is 46.6 Å². The van der Waals surface area contributed by atoms with Crippen molar-refractivity contribution in [2.24, 2.45) is 0 Å². The summed E-state index contributed by atoms with van der Waals surface area (Å²) < 4.78 is 7.04. The molecule has 2 amide bonds. The number of thioether (sulfide) groups is 1. The van der Waals surface area contributed by atoms with Crippen molar-refractivity contribution >= 4 is 50.4 Å². The highest BCUT2D eigenvalue weighted by Gasteiger charge is 2.39. The van der Waals surface area contributed by atoms with Gasteiger partial charge in [-0.15, -0.1) is 0 Å². The van der Waals surface area contributed by atoms with Gasteiger partial charge in [0.2, 0.25) is 5.91 Å². The van der Waals surface area contributed by atoms with Crippen molar-refractivity contribution in [3.05, 3.63) is 99.0 Å². The van der Waals surface area contributed by atoms with Crippen LogP contribution in [-0.2, 0) is 24.4 Å². The quantitative estimate of drug-likeness (QED) is 0.360. The first kappa shape index (κ1) is 21.9. The van der Waals surface area contributed by atoms with E-state index in [0.717, 1.165) is 38.7 Å². The smallest absolute Gasteiger partial charge is 0.289 e. The maximum atomic E-state index is 12.9. The van der Waals surface area contributed by atoms with Crippen LogP contribution in [0.1, 0.15) is 16.7 Å². The van der Waals surface area contributed by atoms with Crippen LogP contribution < -0.4 is 4.74 Å². The Morgan fingerprint density at radius 3 is 2.35 bits per heavy atom. The van der Waals surface area contributed by atoms with Crippen LogP contribution in [0.3, 0.4) is 0 Å². The third-order valence-electron chi connectivity index (χ3n) is 4.94. The van der Waals surface area contributed by atoms with Gasteiger partial charge in [-0.2, -0.15) is 0 Å². The number of rotatable bonds is 7. The maximum absolute atomic E-state index is 12.9. The van der Waals surface area contributed by atoms with Crippen LogP contribution in [-0.4, -0.2) is 21.3 Å². The molecule has 1 atom stereocenters. The van der Waals surface area contributed by atoms with Crippen molar-refractivity contribution in [2.75, 3.05) is 0 Å². The fourth-order valence-electron chi connectivity index (χ4n) is 3.30. The number of carbonyl (C=O) groups is 2. The minimum atomic E-state index is -0.461. The van der Waals surface area contributed by atoms with Crippen molar-refractivity contribution in [3.8, 4) is 5.75 Å². The molecule has 31 heavy (non-hydrogen) atoms. The summed E-state index contributed by atoms with van der Waals surface area (Å²) in [4.78, 5) is 26.7. The van der Waals surface area contributed by atoms with Gasteiger partial charge in [-0.3, -0.25) is 14.5 Å². The molecule has 1 saturated heterocycles. The van der Waals surface area contributed by atoms with E-state index >= 15 is 0 Å². The summed E-state index contributed by atoms with van der Waals surface area (Å²) in [7, 11) is 0. The Morgan fingerprint density at radius 1 is 0.935 bits per heavy atom. The summed E-state index contributed by atoms with van der Waals surface area (Å²) in [5, 5.41) is -0.0646. The number of benzene rings is 3. The van der Waals surface area contributed by atoms with E-state index in [-0.39, 0.29) is 17.7 Å². The lowest BCUT2D eigenvalue weighted by Gasteiger charge is -2.15. The number of nitrogens with zero attached hydrogens (tertiary/aromatic N) is 1. The number of para-hydroxylation sites is 1. The zero-order valence-corrected chi connectivity index (χ0v) is 19.6. The molecular formula is C24H19BrClNO3S. The fourth-order valence-corrected chi connectivity index (χ4v) is 4.70. The zero-order chi connectivity index (χ0) is 21.8. The van der Waals surface area contributed by atoms with E-state index in [0.29, 0.717) is 18.1 Å². The predicted octanol–water partition coefficient (Wildman–Crippen LogP) is 6.49. The number of hydrogen-bond donors (Lipinski definition) is 0. The zero-order valence-electron chi connectivity index (χ0n) is 16.5. The van der Waals surface area contributed by atoms with Gasteiger partial charge in [-0.1, -0.05) is 81.8 Å². The predicted molar refractivity (Wildman–Crippen MR) is 127 cm³/mol. The first-order valence-electron chi connectivity index (χ1n) is 9.71. The van der Waals surface area contributed by atoms with Gasteiger partial charge in [-0.05, 0) is 53.4 Å². The Kier molecular flexibility index (Phi) is 7.00. The summed E-state index contributed by atoms with van der Waals surface area (Å²) in [5.74, 6) is 0.551. The molecule has 7 heteroatoms. The molecule has 1 aliphatic heterocycles. The Morgan fingerprint density at radius 2 is 1.61 bits per heavy atom. The molecule has 0 saturated carbocycles. The lowest BCUT2D eigenvalue weighted by molar-refractivity contribution is -0.127. The lowest BCUT2D eigenvalue weighted by atomic mass is 10.1. The monoisotopic (exact) mass is 515 g/mol. The molecule has 1 fully saturated rings. The average molecular weight is 517 g/mol. The molecular weight excluding hydrogens is 498 g/mol. The van der Waals surface area contributed by atoms with E-state index < -0.39 is 5.25 Å². The van der Waals surface area contributed by atoms with E-state index in [1.165, 1.54) is 4.90 Å².